The number of hydrogen-bond donors (Lipinski definition) is 0. The molecule has 0 bridgehead atoms. The maximum Gasteiger partial charge on any atom is 0.254 e. The summed E-state index contributed by atoms with van der Waals surface area (Å²) in [5.74, 6) is -0.302. The summed E-state index contributed by atoms with van der Waals surface area (Å²) in [6.45, 7) is 6.03. The number of piperazine rings is 1. The third-order valence-corrected chi connectivity index (χ3v) is 7.11. The quantitative estimate of drug-likeness (QED) is 0.716. The Hall–Kier alpha value is -2.52. The van der Waals surface area contributed by atoms with Crippen LogP contribution in [0.5, 0.6) is 0 Å². The van der Waals surface area contributed by atoms with Gasteiger partial charge in [-0.3, -0.25) is 4.79 Å². The van der Waals surface area contributed by atoms with Gasteiger partial charge in [-0.15, -0.1) is 0 Å². The fraction of sp³-hybridized carbons (Fsp3) is 0.400. The predicted molar refractivity (Wildman–Crippen MR) is 109 cm³/mol. The van der Waals surface area contributed by atoms with Gasteiger partial charge in [0.2, 0.25) is 10.0 Å². The smallest absolute Gasteiger partial charge is 0.254 e. The van der Waals surface area contributed by atoms with Crippen molar-refractivity contribution < 1.29 is 17.6 Å². The molecule has 7 nitrogen and oxygen atoms in total. The standard InChI is InChI=1S/C20H25FN4O3S/c1-3-25(4-2)29(27,28)18-15-16(8-9-17(18)21)20(26)24-13-11-23(12-14-24)19-7-5-6-10-22-19/h5-10,15H,3-4,11-14H2,1-2H3. The van der Waals surface area contributed by atoms with Gasteiger partial charge in [0.05, 0.1) is 0 Å². The number of nitrogens with zero attached hydrogens (tertiary/aromatic N) is 4. The van der Waals surface area contributed by atoms with Crippen LogP contribution < -0.4 is 4.90 Å². The average Bonchev–Trinajstić information content (AvgIpc) is 2.75. The van der Waals surface area contributed by atoms with Gasteiger partial charge in [-0.25, -0.2) is 17.8 Å². The van der Waals surface area contributed by atoms with E-state index in [1.54, 1.807) is 24.9 Å². The number of carbonyl (C=O) groups is 1. The summed E-state index contributed by atoms with van der Waals surface area (Å²) in [6, 6.07) is 9.22. The lowest BCUT2D eigenvalue weighted by molar-refractivity contribution is 0.0746. The summed E-state index contributed by atoms with van der Waals surface area (Å²) in [5, 5.41) is 0. The highest BCUT2D eigenvalue weighted by Gasteiger charge is 2.28. The number of rotatable bonds is 6. The first kappa shape index (κ1) is 21.2. The highest BCUT2D eigenvalue weighted by Crippen LogP contribution is 2.22. The summed E-state index contributed by atoms with van der Waals surface area (Å²) in [5.41, 5.74) is 0.170. The molecule has 1 amide bonds. The first-order valence-corrected chi connectivity index (χ1v) is 11.1. The Labute approximate surface area is 170 Å². The zero-order valence-corrected chi connectivity index (χ0v) is 17.4. The molecule has 0 spiro atoms. The lowest BCUT2D eigenvalue weighted by Crippen LogP contribution is -2.49. The molecule has 0 N–H and O–H groups in total. The number of benzene rings is 1. The summed E-state index contributed by atoms with van der Waals surface area (Å²) in [6.07, 6.45) is 1.73. The Kier molecular flexibility index (Phi) is 6.49. The topological polar surface area (TPSA) is 73.8 Å². The molecular formula is C20H25FN4O3S. The second kappa shape index (κ2) is 8.87. The van der Waals surface area contributed by atoms with Gasteiger partial charge in [0.1, 0.15) is 16.5 Å². The number of aromatic nitrogens is 1. The van der Waals surface area contributed by atoms with E-state index in [0.29, 0.717) is 26.2 Å². The van der Waals surface area contributed by atoms with Crippen LogP contribution in [0.15, 0.2) is 47.5 Å². The maximum absolute atomic E-state index is 14.3. The van der Waals surface area contributed by atoms with Crippen LogP contribution in [0.1, 0.15) is 24.2 Å². The fourth-order valence-corrected chi connectivity index (χ4v) is 4.95. The van der Waals surface area contributed by atoms with E-state index >= 15 is 0 Å². The van der Waals surface area contributed by atoms with Crippen molar-refractivity contribution in [2.24, 2.45) is 0 Å². The van der Waals surface area contributed by atoms with E-state index in [4.69, 9.17) is 0 Å². The monoisotopic (exact) mass is 420 g/mol. The van der Waals surface area contributed by atoms with Crippen molar-refractivity contribution in [1.82, 2.24) is 14.2 Å². The van der Waals surface area contributed by atoms with Gasteiger partial charge < -0.3 is 9.80 Å². The van der Waals surface area contributed by atoms with Crippen molar-refractivity contribution in [3.8, 4) is 0 Å². The number of hydrogen-bond acceptors (Lipinski definition) is 5. The van der Waals surface area contributed by atoms with Crippen LogP contribution in [0.2, 0.25) is 0 Å². The van der Waals surface area contributed by atoms with Crippen LogP contribution in [-0.2, 0) is 10.0 Å². The Bertz CT molecular complexity index is 957. The first-order valence-electron chi connectivity index (χ1n) is 9.63. The van der Waals surface area contributed by atoms with Gasteiger partial charge >= 0.3 is 0 Å². The molecule has 0 atom stereocenters. The van der Waals surface area contributed by atoms with Crippen LogP contribution in [0, 0.1) is 5.82 Å². The molecule has 1 aliphatic heterocycles. The second-order valence-corrected chi connectivity index (χ2v) is 8.61. The number of sulfonamides is 1. The molecule has 0 radical (unpaired) electrons. The van der Waals surface area contributed by atoms with Crippen molar-refractivity contribution >= 4 is 21.7 Å². The van der Waals surface area contributed by atoms with E-state index in [1.165, 1.54) is 10.4 Å². The molecule has 1 saturated heterocycles. The molecule has 1 aliphatic rings. The van der Waals surface area contributed by atoms with Crippen LogP contribution >= 0.6 is 0 Å². The van der Waals surface area contributed by atoms with Crippen LogP contribution in [0.25, 0.3) is 0 Å². The number of carbonyl (C=O) groups excluding carboxylic acids is 1. The van der Waals surface area contributed by atoms with Gasteiger partial charge in [0.25, 0.3) is 5.91 Å². The molecule has 2 aromatic rings. The summed E-state index contributed by atoms with van der Waals surface area (Å²) >= 11 is 0. The largest absolute Gasteiger partial charge is 0.353 e. The SMILES string of the molecule is CCN(CC)S(=O)(=O)c1cc(C(=O)N2CCN(c3ccccn3)CC2)ccc1F. The lowest BCUT2D eigenvalue weighted by atomic mass is 10.1. The maximum atomic E-state index is 14.3. The van der Waals surface area contributed by atoms with E-state index in [9.17, 15) is 17.6 Å². The minimum atomic E-state index is -3.99. The Morgan fingerprint density at radius 1 is 1.10 bits per heavy atom. The molecule has 156 valence electrons. The summed E-state index contributed by atoms with van der Waals surface area (Å²) in [7, 11) is -3.99. The molecule has 2 heterocycles. The van der Waals surface area contributed by atoms with E-state index in [0.717, 1.165) is 18.0 Å². The lowest BCUT2D eigenvalue weighted by Gasteiger charge is -2.35. The Morgan fingerprint density at radius 3 is 2.38 bits per heavy atom. The van der Waals surface area contributed by atoms with Crippen molar-refractivity contribution in [1.29, 1.82) is 0 Å². The molecule has 0 saturated carbocycles. The zero-order chi connectivity index (χ0) is 21.0. The molecule has 1 aromatic heterocycles. The number of pyridine rings is 1. The molecule has 0 aliphatic carbocycles. The molecule has 9 heteroatoms. The van der Waals surface area contributed by atoms with Gasteiger partial charge in [0.15, 0.2) is 0 Å². The number of halogens is 1. The molecule has 3 rings (SSSR count). The normalized spacial score (nSPS) is 15.0. The third kappa shape index (κ3) is 4.40. The van der Waals surface area contributed by atoms with E-state index < -0.39 is 20.7 Å². The Morgan fingerprint density at radius 2 is 1.79 bits per heavy atom. The van der Waals surface area contributed by atoms with Crippen molar-refractivity contribution in [3.63, 3.8) is 0 Å². The summed E-state index contributed by atoms with van der Waals surface area (Å²) in [4.78, 5) is 20.5. The third-order valence-electron chi connectivity index (χ3n) is 5.04. The minimum absolute atomic E-state index is 0.170. The van der Waals surface area contributed by atoms with Gasteiger partial charge in [-0.2, -0.15) is 4.31 Å². The number of anilines is 1. The fourth-order valence-electron chi connectivity index (χ4n) is 3.40. The zero-order valence-electron chi connectivity index (χ0n) is 16.6. The van der Waals surface area contributed by atoms with Crippen molar-refractivity contribution in [3.05, 3.63) is 54.0 Å². The number of amides is 1. The Balaban J connectivity index is 1.77. The van der Waals surface area contributed by atoms with E-state index in [-0.39, 0.29) is 24.6 Å². The molecule has 0 unspecified atom stereocenters. The van der Waals surface area contributed by atoms with E-state index in [2.05, 4.69) is 9.88 Å². The van der Waals surface area contributed by atoms with Crippen molar-refractivity contribution in [2.75, 3.05) is 44.2 Å². The van der Waals surface area contributed by atoms with Gasteiger partial charge in [-0.05, 0) is 30.3 Å². The molecule has 1 fully saturated rings. The molecule has 29 heavy (non-hydrogen) atoms. The van der Waals surface area contributed by atoms with Gasteiger partial charge in [-0.1, -0.05) is 19.9 Å². The highest BCUT2D eigenvalue weighted by atomic mass is 32.2. The average molecular weight is 421 g/mol. The first-order chi connectivity index (χ1) is 13.9. The van der Waals surface area contributed by atoms with Crippen LogP contribution in [0.4, 0.5) is 10.2 Å². The molecular weight excluding hydrogens is 395 g/mol. The predicted octanol–water partition coefficient (Wildman–Crippen LogP) is 2.21. The highest BCUT2D eigenvalue weighted by molar-refractivity contribution is 7.89. The minimum Gasteiger partial charge on any atom is -0.353 e. The second-order valence-electron chi connectivity index (χ2n) is 6.70. The summed E-state index contributed by atoms with van der Waals surface area (Å²) < 4.78 is 40.9. The van der Waals surface area contributed by atoms with Crippen molar-refractivity contribution in [2.45, 2.75) is 18.7 Å². The van der Waals surface area contributed by atoms with Crippen LogP contribution in [-0.4, -0.2) is 67.8 Å². The van der Waals surface area contributed by atoms with Crippen LogP contribution in [0.3, 0.4) is 0 Å². The molecule has 1 aromatic carbocycles. The van der Waals surface area contributed by atoms with Gasteiger partial charge in [0, 0.05) is 51.0 Å². The van der Waals surface area contributed by atoms with E-state index in [1.807, 2.05) is 18.2 Å².